The van der Waals surface area contributed by atoms with E-state index in [0.717, 1.165) is 52.4 Å². The number of aromatic nitrogens is 1. The number of carbonyl (C=O) groups is 1. The first kappa shape index (κ1) is 15.9. The Kier molecular flexibility index (Phi) is 5.13. The van der Waals surface area contributed by atoms with Gasteiger partial charge in [-0.05, 0) is 37.4 Å². The Morgan fingerprint density at radius 2 is 2.18 bits per heavy atom. The van der Waals surface area contributed by atoms with Crippen LogP contribution in [0.15, 0.2) is 17.5 Å². The number of nitrogens with zero attached hydrogens (tertiary/aromatic N) is 2. The number of halogens is 1. The average Bonchev–Trinajstić information content (AvgIpc) is 3.16. The molecule has 1 fully saturated rings. The van der Waals surface area contributed by atoms with Crippen molar-refractivity contribution in [1.29, 1.82) is 0 Å². The summed E-state index contributed by atoms with van der Waals surface area (Å²) in [5.74, 6) is 0.732. The quantitative estimate of drug-likeness (QED) is 0.915. The molecular formula is C15H18ClN3OS2. The minimum Gasteiger partial charge on any atom is -0.342 e. The number of thiazole rings is 1. The standard InChI is InChI=1S/C15H18ClN3OS2/c16-13-2-1-12(22-13)15-18-11(9-21-15)7-14(20)19-5-3-10(8-17)4-6-19/h1-2,9-10H,3-8,17H2. The Labute approximate surface area is 142 Å². The lowest BCUT2D eigenvalue weighted by Crippen LogP contribution is -2.40. The summed E-state index contributed by atoms with van der Waals surface area (Å²) in [5, 5.41) is 2.90. The molecule has 0 aliphatic carbocycles. The van der Waals surface area contributed by atoms with Crippen LogP contribution in [0.5, 0.6) is 0 Å². The summed E-state index contributed by atoms with van der Waals surface area (Å²) in [4.78, 5) is 19.9. The Bertz CT molecular complexity index is 647. The van der Waals surface area contributed by atoms with E-state index in [0.29, 0.717) is 12.3 Å². The van der Waals surface area contributed by atoms with Gasteiger partial charge in [-0.15, -0.1) is 22.7 Å². The number of hydrogen-bond acceptors (Lipinski definition) is 5. The molecular weight excluding hydrogens is 338 g/mol. The van der Waals surface area contributed by atoms with E-state index in [1.165, 1.54) is 11.3 Å². The summed E-state index contributed by atoms with van der Waals surface area (Å²) in [6.45, 7) is 2.36. The van der Waals surface area contributed by atoms with Crippen molar-refractivity contribution in [1.82, 2.24) is 9.88 Å². The lowest BCUT2D eigenvalue weighted by molar-refractivity contribution is -0.131. The highest BCUT2D eigenvalue weighted by molar-refractivity contribution is 7.23. The number of amides is 1. The molecule has 0 radical (unpaired) electrons. The van der Waals surface area contributed by atoms with Crippen LogP contribution in [0, 0.1) is 5.92 Å². The SMILES string of the molecule is NCC1CCN(C(=O)Cc2csc(-c3ccc(Cl)s3)n2)CC1. The molecule has 7 heteroatoms. The molecule has 3 rings (SSSR count). The Balaban J connectivity index is 1.59. The predicted octanol–water partition coefficient (Wildman–Crippen LogP) is 3.26. The average molecular weight is 356 g/mol. The number of carbonyl (C=O) groups excluding carboxylic acids is 1. The van der Waals surface area contributed by atoms with Crippen molar-refractivity contribution in [2.24, 2.45) is 11.7 Å². The van der Waals surface area contributed by atoms with E-state index in [1.807, 2.05) is 22.4 Å². The summed E-state index contributed by atoms with van der Waals surface area (Å²) in [5.41, 5.74) is 6.53. The number of thiophene rings is 1. The maximum absolute atomic E-state index is 12.4. The van der Waals surface area contributed by atoms with E-state index < -0.39 is 0 Å². The maximum Gasteiger partial charge on any atom is 0.228 e. The van der Waals surface area contributed by atoms with Gasteiger partial charge in [0, 0.05) is 18.5 Å². The highest BCUT2D eigenvalue weighted by Crippen LogP contribution is 2.33. The number of nitrogens with two attached hydrogens (primary N) is 1. The first-order valence-electron chi connectivity index (χ1n) is 7.33. The first-order valence-corrected chi connectivity index (χ1v) is 9.41. The van der Waals surface area contributed by atoms with Gasteiger partial charge in [0.05, 0.1) is 21.3 Å². The number of rotatable bonds is 4. The zero-order valence-electron chi connectivity index (χ0n) is 12.1. The molecule has 1 amide bonds. The van der Waals surface area contributed by atoms with Crippen LogP contribution < -0.4 is 5.73 Å². The molecule has 2 aromatic heterocycles. The fraction of sp³-hybridized carbons (Fsp3) is 0.467. The van der Waals surface area contributed by atoms with Gasteiger partial charge >= 0.3 is 0 Å². The van der Waals surface area contributed by atoms with E-state index in [4.69, 9.17) is 17.3 Å². The summed E-state index contributed by atoms with van der Waals surface area (Å²) >= 11 is 9.02. The van der Waals surface area contributed by atoms with Gasteiger partial charge in [0.1, 0.15) is 5.01 Å². The minimum absolute atomic E-state index is 0.163. The van der Waals surface area contributed by atoms with Gasteiger partial charge in [-0.3, -0.25) is 4.79 Å². The Hall–Kier alpha value is -0.950. The highest BCUT2D eigenvalue weighted by Gasteiger charge is 2.22. The normalized spacial score (nSPS) is 16.2. The van der Waals surface area contributed by atoms with E-state index in [9.17, 15) is 4.79 Å². The summed E-state index contributed by atoms with van der Waals surface area (Å²) in [7, 11) is 0. The van der Waals surface area contributed by atoms with Gasteiger partial charge in [0.25, 0.3) is 0 Å². The van der Waals surface area contributed by atoms with Crippen LogP contribution in [-0.2, 0) is 11.2 Å². The molecule has 1 aliphatic heterocycles. The summed E-state index contributed by atoms with van der Waals surface area (Å²) in [6.07, 6.45) is 2.40. The second-order valence-corrected chi connectivity index (χ2v) is 8.06. The second-order valence-electron chi connectivity index (χ2n) is 5.48. The zero-order valence-corrected chi connectivity index (χ0v) is 14.5. The van der Waals surface area contributed by atoms with Crippen molar-refractivity contribution in [3.8, 4) is 9.88 Å². The largest absolute Gasteiger partial charge is 0.342 e. The van der Waals surface area contributed by atoms with Gasteiger partial charge in [0.15, 0.2) is 0 Å². The lowest BCUT2D eigenvalue weighted by Gasteiger charge is -2.31. The molecule has 1 aliphatic rings. The topological polar surface area (TPSA) is 59.2 Å². The van der Waals surface area contributed by atoms with Gasteiger partial charge < -0.3 is 10.6 Å². The third-order valence-corrected chi connectivity index (χ3v) is 6.26. The van der Waals surface area contributed by atoms with Crippen LogP contribution in [0.4, 0.5) is 0 Å². The monoisotopic (exact) mass is 355 g/mol. The van der Waals surface area contributed by atoms with Crippen molar-refractivity contribution in [2.75, 3.05) is 19.6 Å². The Morgan fingerprint density at radius 3 is 2.82 bits per heavy atom. The molecule has 0 spiro atoms. The van der Waals surface area contributed by atoms with Crippen molar-refractivity contribution < 1.29 is 4.79 Å². The van der Waals surface area contributed by atoms with Gasteiger partial charge in [0.2, 0.25) is 5.91 Å². The fourth-order valence-electron chi connectivity index (χ4n) is 2.62. The zero-order chi connectivity index (χ0) is 15.5. The molecule has 118 valence electrons. The molecule has 0 saturated carbocycles. The third-order valence-electron chi connectivity index (χ3n) is 3.97. The van der Waals surface area contributed by atoms with Crippen molar-refractivity contribution in [3.05, 3.63) is 27.5 Å². The molecule has 0 atom stereocenters. The molecule has 2 N–H and O–H groups in total. The van der Waals surface area contributed by atoms with Crippen LogP contribution in [0.2, 0.25) is 4.34 Å². The lowest BCUT2D eigenvalue weighted by atomic mass is 9.97. The van der Waals surface area contributed by atoms with Crippen LogP contribution in [-0.4, -0.2) is 35.4 Å². The van der Waals surface area contributed by atoms with Gasteiger partial charge in [-0.25, -0.2) is 4.98 Å². The molecule has 0 bridgehead atoms. The van der Waals surface area contributed by atoms with Crippen molar-refractivity contribution in [2.45, 2.75) is 19.3 Å². The van der Waals surface area contributed by atoms with Gasteiger partial charge in [-0.1, -0.05) is 11.6 Å². The highest BCUT2D eigenvalue weighted by atomic mass is 35.5. The number of likely N-dealkylation sites (tertiary alicyclic amines) is 1. The maximum atomic E-state index is 12.4. The Morgan fingerprint density at radius 1 is 1.41 bits per heavy atom. The second kappa shape index (κ2) is 7.08. The van der Waals surface area contributed by atoms with E-state index in [-0.39, 0.29) is 5.91 Å². The van der Waals surface area contributed by atoms with E-state index in [1.54, 1.807) is 11.3 Å². The smallest absolute Gasteiger partial charge is 0.228 e. The van der Waals surface area contributed by atoms with Crippen LogP contribution in [0.3, 0.4) is 0 Å². The minimum atomic E-state index is 0.163. The summed E-state index contributed by atoms with van der Waals surface area (Å²) < 4.78 is 0.755. The molecule has 0 unspecified atom stereocenters. The molecule has 22 heavy (non-hydrogen) atoms. The predicted molar refractivity (Wildman–Crippen MR) is 92.5 cm³/mol. The molecule has 2 aromatic rings. The van der Waals surface area contributed by atoms with Gasteiger partial charge in [-0.2, -0.15) is 0 Å². The van der Waals surface area contributed by atoms with Crippen LogP contribution in [0.25, 0.3) is 9.88 Å². The molecule has 4 nitrogen and oxygen atoms in total. The van der Waals surface area contributed by atoms with E-state index >= 15 is 0 Å². The first-order chi connectivity index (χ1) is 10.7. The van der Waals surface area contributed by atoms with Crippen LogP contribution in [0.1, 0.15) is 18.5 Å². The number of hydrogen-bond donors (Lipinski definition) is 1. The van der Waals surface area contributed by atoms with Crippen LogP contribution >= 0.6 is 34.3 Å². The molecule has 1 saturated heterocycles. The summed E-state index contributed by atoms with van der Waals surface area (Å²) in [6, 6.07) is 3.84. The molecule has 0 aromatic carbocycles. The number of piperidine rings is 1. The third kappa shape index (κ3) is 3.68. The fourth-order valence-corrected chi connectivity index (χ4v) is 4.55. The van der Waals surface area contributed by atoms with E-state index in [2.05, 4.69) is 4.98 Å². The van der Waals surface area contributed by atoms with Crippen molar-refractivity contribution >= 4 is 40.2 Å². The molecule has 3 heterocycles. The van der Waals surface area contributed by atoms with Crippen molar-refractivity contribution in [3.63, 3.8) is 0 Å².